The fourth-order valence-electron chi connectivity index (χ4n) is 3.19. The summed E-state index contributed by atoms with van der Waals surface area (Å²) in [5, 5.41) is 3.52. The van der Waals surface area contributed by atoms with Crippen molar-refractivity contribution in [2.45, 2.75) is 39.5 Å². The van der Waals surface area contributed by atoms with Gasteiger partial charge >= 0.3 is 5.97 Å². The lowest BCUT2D eigenvalue weighted by Gasteiger charge is -2.25. The Kier molecular flexibility index (Phi) is 7.58. The number of carbonyl (C=O) groups excluding carboxylic acids is 3. The third-order valence-electron chi connectivity index (χ3n) is 4.97. The van der Waals surface area contributed by atoms with Crippen molar-refractivity contribution in [1.82, 2.24) is 15.2 Å². The van der Waals surface area contributed by atoms with E-state index in [1.54, 1.807) is 31.3 Å². The molecule has 32 heavy (non-hydrogen) atoms. The Morgan fingerprint density at radius 3 is 2.34 bits per heavy atom. The highest BCUT2D eigenvalue weighted by molar-refractivity contribution is 7.18. The molecule has 0 saturated carbocycles. The normalized spacial score (nSPS) is 12.9. The lowest BCUT2D eigenvalue weighted by Crippen LogP contribution is -2.47. The number of ether oxygens (including phenoxy) is 1. The number of esters is 1. The summed E-state index contributed by atoms with van der Waals surface area (Å²) in [4.78, 5) is 44.0. The summed E-state index contributed by atoms with van der Waals surface area (Å²) in [7, 11) is 1.65. The van der Waals surface area contributed by atoms with Crippen LogP contribution in [0.2, 0.25) is 0 Å². The van der Waals surface area contributed by atoms with Gasteiger partial charge in [0, 0.05) is 12.6 Å². The maximum atomic E-state index is 12.8. The second-order valence-electron chi connectivity index (χ2n) is 7.91. The van der Waals surface area contributed by atoms with Gasteiger partial charge < -0.3 is 15.0 Å². The minimum atomic E-state index is -0.989. The number of aromatic nitrogens is 1. The molecule has 3 aromatic rings. The molecule has 1 aromatic heterocycles. The molecule has 0 saturated heterocycles. The second kappa shape index (κ2) is 10.4. The Labute approximate surface area is 191 Å². The van der Waals surface area contributed by atoms with Crippen LogP contribution in [0.3, 0.4) is 0 Å². The molecular formula is C24H27N3O4S. The topological polar surface area (TPSA) is 88.6 Å². The van der Waals surface area contributed by atoms with Crippen molar-refractivity contribution in [3.05, 3.63) is 65.2 Å². The van der Waals surface area contributed by atoms with Crippen LogP contribution in [0.1, 0.15) is 36.1 Å². The highest BCUT2D eigenvalue weighted by atomic mass is 32.1. The highest BCUT2D eigenvalue weighted by Crippen LogP contribution is 2.22. The molecule has 1 N–H and O–H groups in total. The number of likely N-dealkylation sites (N-methyl/N-ethyl adjacent to an activating group) is 1. The van der Waals surface area contributed by atoms with Gasteiger partial charge in [0.2, 0.25) is 0 Å². The standard InChI is InChI=1S/C24H27N3O4S/c1-15(2)21(26-22(28)17-10-6-5-7-11-17)24(30)31-16(3)23(29)27(4)14-20-25-18-12-8-9-13-19(18)32-20/h5-13,15-16,21H,14H2,1-4H3,(H,26,28)/t16?,21-/m0/s1. The molecule has 7 nitrogen and oxygen atoms in total. The molecule has 2 amide bonds. The SMILES string of the molecule is CC(OC(=O)[C@@H](NC(=O)c1ccccc1)C(C)C)C(=O)N(C)Cc1nc2ccccc2s1. The minimum absolute atomic E-state index is 0.210. The van der Waals surface area contributed by atoms with Crippen LogP contribution in [0.5, 0.6) is 0 Å². The van der Waals surface area contributed by atoms with Gasteiger partial charge in [-0.3, -0.25) is 9.59 Å². The van der Waals surface area contributed by atoms with Crippen molar-refractivity contribution < 1.29 is 19.1 Å². The van der Waals surface area contributed by atoms with Crippen molar-refractivity contribution in [2.75, 3.05) is 7.05 Å². The van der Waals surface area contributed by atoms with E-state index in [1.165, 1.54) is 23.2 Å². The quantitative estimate of drug-likeness (QED) is 0.526. The molecule has 0 aliphatic heterocycles. The van der Waals surface area contributed by atoms with Gasteiger partial charge in [0.05, 0.1) is 16.8 Å². The number of amides is 2. The van der Waals surface area contributed by atoms with Gasteiger partial charge in [-0.1, -0.05) is 44.2 Å². The summed E-state index contributed by atoms with van der Waals surface area (Å²) >= 11 is 1.52. The van der Waals surface area contributed by atoms with E-state index in [2.05, 4.69) is 10.3 Å². The lowest BCUT2D eigenvalue weighted by atomic mass is 10.0. The average molecular weight is 454 g/mol. The molecule has 1 heterocycles. The Hall–Kier alpha value is -3.26. The van der Waals surface area contributed by atoms with E-state index in [9.17, 15) is 14.4 Å². The van der Waals surface area contributed by atoms with Crippen molar-refractivity contribution in [3.8, 4) is 0 Å². The monoisotopic (exact) mass is 453 g/mol. The molecule has 0 aliphatic carbocycles. The van der Waals surface area contributed by atoms with Crippen molar-refractivity contribution in [2.24, 2.45) is 5.92 Å². The number of carbonyl (C=O) groups is 3. The number of hydrogen-bond acceptors (Lipinski definition) is 6. The third kappa shape index (κ3) is 5.70. The number of rotatable bonds is 8. The molecular weight excluding hydrogens is 426 g/mol. The maximum Gasteiger partial charge on any atom is 0.329 e. The molecule has 0 aliphatic rings. The summed E-state index contributed by atoms with van der Waals surface area (Å²) in [5.74, 6) is -1.56. The zero-order valence-electron chi connectivity index (χ0n) is 18.6. The lowest BCUT2D eigenvalue weighted by molar-refractivity contribution is -0.161. The van der Waals surface area contributed by atoms with E-state index in [0.717, 1.165) is 15.2 Å². The summed E-state index contributed by atoms with van der Waals surface area (Å²) < 4.78 is 6.48. The predicted molar refractivity (Wildman–Crippen MR) is 124 cm³/mol. The number of benzene rings is 2. The molecule has 2 atom stereocenters. The van der Waals surface area contributed by atoms with Gasteiger partial charge in [-0.25, -0.2) is 9.78 Å². The van der Waals surface area contributed by atoms with Crippen molar-refractivity contribution in [3.63, 3.8) is 0 Å². The van der Waals surface area contributed by atoms with E-state index < -0.39 is 18.1 Å². The first kappa shape index (κ1) is 23.4. The Balaban J connectivity index is 1.60. The van der Waals surface area contributed by atoms with Crippen LogP contribution < -0.4 is 5.32 Å². The Morgan fingerprint density at radius 1 is 1.03 bits per heavy atom. The zero-order chi connectivity index (χ0) is 23.3. The largest absolute Gasteiger partial charge is 0.451 e. The summed E-state index contributed by atoms with van der Waals surface area (Å²) in [6, 6.07) is 15.6. The van der Waals surface area contributed by atoms with Gasteiger partial charge in [0.25, 0.3) is 11.8 Å². The molecule has 0 fully saturated rings. The van der Waals surface area contributed by atoms with Crippen LogP contribution >= 0.6 is 11.3 Å². The molecule has 0 radical (unpaired) electrons. The summed E-state index contributed by atoms with van der Waals surface area (Å²) in [6.07, 6.45) is -0.989. The number of para-hydroxylation sites is 1. The van der Waals surface area contributed by atoms with Crippen LogP contribution in [0.4, 0.5) is 0 Å². The van der Waals surface area contributed by atoms with Gasteiger partial charge in [-0.05, 0) is 37.1 Å². The number of thiazole rings is 1. The number of hydrogen-bond donors (Lipinski definition) is 1. The molecule has 0 bridgehead atoms. The van der Waals surface area contributed by atoms with Gasteiger partial charge in [0.1, 0.15) is 11.0 Å². The second-order valence-corrected chi connectivity index (χ2v) is 9.03. The molecule has 2 aromatic carbocycles. The first-order chi connectivity index (χ1) is 15.3. The van der Waals surface area contributed by atoms with Crippen LogP contribution in [0.15, 0.2) is 54.6 Å². The molecule has 8 heteroatoms. The number of fused-ring (bicyclic) bond motifs is 1. The van der Waals surface area contributed by atoms with Crippen molar-refractivity contribution in [1.29, 1.82) is 0 Å². The third-order valence-corrected chi connectivity index (χ3v) is 5.99. The van der Waals surface area contributed by atoms with E-state index in [0.29, 0.717) is 12.1 Å². The highest BCUT2D eigenvalue weighted by Gasteiger charge is 2.30. The Morgan fingerprint density at radius 2 is 1.69 bits per heavy atom. The maximum absolute atomic E-state index is 12.8. The number of nitrogens with one attached hydrogen (secondary N) is 1. The molecule has 168 valence electrons. The van der Waals surface area contributed by atoms with Crippen molar-refractivity contribution >= 4 is 39.3 Å². The molecule has 3 rings (SSSR count). The van der Waals surface area contributed by atoms with Gasteiger partial charge in [-0.15, -0.1) is 11.3 Å². The zero-order valence-corrected chi connectivity index (χ0v) is 19.4. The van der Waals surface area contributed by atoms with Gasteiger partial charge in [0.15, 0.2) is 6.10 Å². The van der Waals surface area contributed by atoms with Gasteiger partial charge in [-0.2, -0.15) is 0 Å². The predicted octanol–water partition coefficient (Wildman–Crippen LogP) is 3.64. The average Bonchev–Trinajstić information content (AvgIpc) is 3.19. The first-order valence-electron chi connectivity index (χ1n) is 10.4. The Bertz CT molecular complexity index is 1060. The number of nitrogens with zero attached hydrogens (tertiary/aromatic N) is 2. The van der Waals surface area contributed by atoms with E-state index in [-0.39, 0.29) is 17.7 Å². The molecule has 0 spiro atoms. The summed E-state index contributed by atoms with van der Waals surface area (Å²) in [6.45, 7) is 5.47. The first-order valence-corrected chi connectivity index (χ1v) is 11.2. The fraction of sp³-hybridized carbons (Fsp3) is 0.333. The minimum Gasteiger partial charge on any atom is -0.451 e. The van der Waals surface area contributed by atoms with E-state index in [1.807, 2.05) is 44.2 Å². The summed E-state index contributed by atoms with van der Waals surface area (Å²) in [5.41, 5.74) is 1.34. The van der Waals surface area contributed by atoms with Crippen LogP contribution in [-0.2, 0) is 20.9 Å². The van der Waals surface area contributed by atoms with Crippen LogP contribution in [0, 0.1) is 5.92 Å². The smallest absolute Gasteiger partial charge is 0.329 e. The molecule has 1 unspecified atom stereocenters. The van der Waals surface area contributed by atoms with Crippen LogP contribution in [0.25, 0.3) is 10.2 Å². The van der Waals surface area contributed by atoms with E-state index in [4.69, 9.17) is 4.74 Å². The van der Waals surface area contributed by atoms with E-state index >= 15 is 0 Å². The fourth-order valence-corrected chi connectivity index (χ4v) is 4.21. The van der Waals surface area contributed by atoms with Crippen LogP contribution in [-0.4, -0.2) is 46.9 Å².